The Kier molecular flexibility index (Phi) is 3.95. The standard InChI is InChI=1S/C13H15N5O3/c19-13(5-6-18-9-15-16-17-18)14-7-10-8-20-11-3-1-2-4-12(11)21-10/h1-4,9-10H,5-8H2,(H,14,19)/t10-/m0/s1. The minimum absolute atomic E-state index is 0.0760. The summed E-state index contributed by atoms with van der Waals surface area (Å²) < 4.78 is 12.8. The molecule has 2 aromatic rings. The zero-order valence-corrected chi connectivity index (χ0v) is 11.3. The van der Waals surface area contributed by atoms with Crippen LogP contribution >= 0.6 is 0 Å². The normalized spacial score (nSPS) is 16.5. The summed E-state index contributed by atoms with van der Waals surface area (Å²) in [5.74, 6) is 1.36. The number of hydrogen-bond acceptors (Lipinski definition) is 6. The van der Waals surface area contributed by atoms with Gasteiger partial charge in [-0.3, -0.25) is 4.79 Å². The van der Waals surface area contributed by atoms with Crippen LogP contribution in [-0.2, 0) is 11.3 Å². The van der Waals surface area contributed by atoms with E-state index in [4.69, 9.17) is 9.47 Å². The van der Waals surface area contributed by atoms with Crippen LogP contribution in [0.15, 0.2) is 30.6 Å². The van der Waals surface area contributed by atoms with E-state index in [0.717, 1.165) is 5.75 Å². The van der Waals surface area contributed by atoms with Crippen LogP contribution in [0.4, 0.5) is 0 Å². The van der Waals surface area contributed by atoms with E-state index >= 15 is 0 Å². The van der Waals surface area contributed by atoms with Crippen molar-refractivity contribution in [2.24, 2.45) is 0 Å². The highest BCUT2D eigenvalue weighted by Crippen LogP contribution is 2.30. The van der Waals surface area contributed by atoms with Gasteiger partial charge < -0.3 is 14.8 Å². The number of hydrogen-bond donors (Lipinski definition) is 1. The number of carbonyl (C=O) groups excluding carboxylic acids is 1. The molecule has 0 bridgehead atoms. The molecule has 8 nitrogen and oxygen atoms in total. The first-order valence-corrected chi connectivity index (χ1v) is 6.67. The van der Waals surface area contributed by atoms with Crippen molar-refractivity contribution in [3.8, 4) is 11.5 Å². The summed E-state index contributed by atoms with van der Waals surface area (Å²) in [7, 11) is 0. The smallest absolute Gasteiger partial charge is 0.221 e. The lowest BCUT2D eigenvalue weighted by Gasteiger charge is -2.26. The van der Waals surface area contributed by atoms with Crippen molar-refractivity contribution >= 4 is 5.91 Å². The molecule has 0 spiro atoms. The van der Waals surface area contributed by atoms with Crippen LogP contribution in [0.3, 0.4) is 0 Å². The first-order valence-electron chi connectivity index (χ1n) is 6.67. The number of benzene rings is 1. The zero-order valence-electron chi connectivity index (χ0n) is 11.3. The average Bonchev–Trinajstić information content (AvgIpc) is 3.04. The lowest BCUT2D eigenvalue weighted by atomic mass is 10.2. The van der Waals surface area contributed by atoms with Crippen LogP contribution in [0.2, 0.25) is 0 Å². The van der Waals surface area contributed by atoms with E-state index in [1.54, 1.807) is 0 Å². The van der Waals surface area contributed by atoms with Gasteiger partial charge in [0.2, 0.25) is 5.91 Å². The summed E-state index contributed by atoms with van der Waals surface area (Å²) in [6, 6.07) is 7.48. The lowest BCUT2D eigenvalue weighted by Crippen LogP contribution is -2.40. The number of aryl methyl sites for hydroxylation is 1. The van der Waals surface area contributed by atoms with Crippen LogP contribution in [0.1, 0.15) is 6.42 Å². The Morgan fingerprint density at radius 3 is 3.05 bits per heavy atom. The Hall–Kier alpha value is -2.64. The average molecular weight is 289 g/mol. The molecular formula is C13H15N5O3. The third-order valence-corrected chi connectivity index (χ3v) is 3.05. The molecule has 8 heteroatoms. The number of amides is 1. The minimum atomic E-state index is -0.183. The van der Waals surface area contributed by atoms with E-state index in [1.807, 2.05) is 24.3 Å². The quantitative estimate of drug-likeness (QED) is 0.834. The maximum atomic E-state index is 11.7. The predicted molar refractivity (Wildman–Crippen MR) is 71.8 cm³/mol. The monoisotopic (exact) mass is 289 g/mol. The number of nitrogens with one attached hydrogen (secondary N) is 1. The molecule has 0 unspecified atom stereocenters. The van der Waals surface area contributed by atoms with Crippen LogP contribution in [0.5, 0.6) is 11.5 Å². The largest absolute Gasteiger partial charge is 0.486 e. The van der Waals surface area contributed by atoms with Crippen molar-refractivity contribution < 1.29 is 14.3 Å². The summed E-state index contributed by atoms with van der Waals surface area (Å²) in [5, 5.41) is 13.5. The molecule has 3 rings (SSSR count). The molecule has 1 amide bonds. The Labute approximate surface area is 121 Å². The first kappa shape index (κ1) is 13.3. The summed E-state index contributed by atoms with van der Waals surface area (Å²) in [5.41, 5.74) is 0. The molecule has 1 N–H and O–H groups in total. The second-order valence-electron chi connectivity index (χ2n) is 4.62. The van der Waals surface area contributed by atoms with Crippen LogP contribution in [-0.4, -0.2) is 45.4 Å². The fourth-order valence-corrected chi connectivity index (χ4v) is 1.98. The lowest BCUT2D eigenvalue weighted by molar-refractivity contribution is -0.121. The fraction of sp³-hybridized carbons (Fsp3) is 0.385. The van der Waals surface area contributed by atoms with Gasteiger partial charge in [-0.25, -0.2) is 4.68 Å². The summed E-state index contributed by atoms with van der Waals surface area (Å²) in [6.07, 6.45) is 1.61. The number of ether oxygens (including phenoxy) is 2. The number of tetrazole rings is 1. The van der Waals surface area contributed by atoms with Crippen LogP contribution in [0, 0.1) is 0 Å². The number of fused-ring (bicyclic) bond motifs is 1. The van der Waals surface area contributed by atoms with Gasteiger partial charge in [-0.15, -0.1) is 5.10 Å². The highest BCUT2D eigenvalue weighted by molar-refractivity contribution is 5.75. The third kappa shape index (κ3) is 3.47. The molecule has 21 heavy (non-hydrogen) atoms. The summed E-state index contributed by atoms with van der Waals surface area (Å²) in [6.45, 7) is 1.27. The van der Waals surface area contributed by atoms with Gasteiger partial charge in [0, 0.05) is 6.42 Å². The van der Waals surface area contributed by atoms with Gasteiger partial charge in [0.1, 0.15) is 19.0 Å². The Morgan fingerprint density at radius 2 is 2.24 bits per heavy atom. The van der Waals surface area contributed by atoms with Crippen molar-refractivity contribution in [2.45, 2.75) is 19.1 Å². The minimum Gasteiger partial charge on any atom is -0.486 e. The molecule has 1 aliphatic heterocycles. The number of carbonyl (C=O) groups is 1. The maximum Gasteiger partial charge on any atom is 0.221 e. The highest BCUT2D eigenvalue weighted by atomic mass is 16.6. The van der Waals surface area contributed by atoms with Gasteiger partial charge in [-0.2, -0.15) is 0 Å². The SMILES string of the molecule is O=C(CCn1cnnn1)NC[C@H]1COc2ccccc2O1. The Bertz CT molecular complexity index is 602. The number of aromatic nitrogens is 4. The molecule has 1 atom stereocenters. The topological polar surface area (TPSA) is 91.2 Å². The first-order chi connectivity index (χ1) is 10.3. The number of para-hydroxylation sites is 2. The third-order valence-electron chi connectivity index (χ3n) is 3.05. The van der Waals surface area contributed by atoms with Gasteiger partial charge >= 0.3 is 0 Å². The van der Waals surface area contributed by atoms with E-state index < -0.39 is 0 Å². The van der Waals surface area contributed by atoms with Crippen molar-refractivity contribution in [3.05, 3.63) is 30.6 Å². The van der Waals surface area contributed by atoms with Crippen LogP contribution in [0.25, 0.3) is 0 Å². The fourth-order valence-electron chi connectivity index (χ4n) is 1.98. The molecular weight excluding hydrogens is 274 g/mol. The van der Waals surface area contributed by atoms with E-state index in [9.17, 15) is 4.79 Å². The molecule has 1 aromatic heterocycles. The molecule has 0 saturated carbocycles. The Morgan fingerprint density at radius 1 is 1.38 bits per heavy atom. The second-order valence-corrected chi connectivity index (χ2v) is 4.62. The molecule has 110 valence electrons. The van der Waals surface area contributed by atoms with Gasteiger partial charge in [-0.1, -0.05) is 12.1 Å². The molecule has 0 fully saturated rings. The van der Waals surface area contributed by atoms with Crippen LogP contribution < -0.4 is 14.8 Å². The van der Waals surface area contributed by atoms with E-state index in [1.165, 1.54) is 11.0 Å². The number of nitrogens with zero attached hydrogens (tertiary/aromatic N) is 4. The van der Waals surface area contributed by atoms with Crippen molar-refractivity contribution in [1.82, 2.24) is 25.5 Å². The molecule has 0 radical (unpaired) electrons. The van der Waals surface area contributed by atoms with E-state index in [0.29, 0.717) is 31.9 Å². The molecule has 1 aliphatic rings. The molecule has 0 saturated heterocycles. The maximum absolute atomic E-state index is 11.7. The molecule has 1 aromatic carbocycles. The zero-order chi connectivity index (χ0) is 14.5. The van der Waals surface area contributed by atoms with Gasteiger partial charge in [0.25, 0.3) is 0 Å². The highest BCUT2D eigenvalue weighted by Gasteiger charge is 2.20. The van der Waals surface area contributed by atoms with Gasteiger partial charge in [0.05, 0.1) is 13.1 Å². The predicted octanol–water partition coefficient (Wildman–Crippen LogP) is 0.0194. The van der Waals surface area contributed by atoms with Gasteiger partial charge in [0.15, 0.2) is 11.5 Å². The Balaban J connectivity index is 1.42. The van der Waals surface area contributed by atoms with Crippen molar-refractivity contribution in [1.29, 1.82) is 0 Å². The number of rotatable bonds is 5. The molecule has 2 heterocycles. The van der Waals surface area contributed by atoms with Crippen molar-refractivity contribution in [3.63, 3.8) is 0 Å². The summed E-state index contributed by atoms with van der Waals surface area (Å²) in [4.78, 5) is 11.7. The second kappa shape index (κ2) is 6.21. The molecule has 0 aliphatic carbocycles. The van der Waals surface area contributed by atoms with Gasteiger partial charge in [-0.05, 0) is 22.6 Å². The summed E-state index contributed by atoms with van der Waals surface area (Å²) >= 11 is 0. The van der Waals surface area contributed by atoms with Crippen molar-refractivity contribution in [2.75, 3.05) is 13.2 Å². The van der Waals surface area contributed by atoms with E-state index in [-0.39, 0.29) is 12.0 Å². The van der Waals surface area contributed by atoms with E-state index in [2.05, 4.69) is 20.8 Å².